The van der Waals surface area contributed by atoms with Crippen LogP contribution in [0.25, 0.3) is 0 Å². The SMILES string of the molecule is COC(=O)CCC[C@@H](C)[C@H]1CC[C@H]2[C@@H]3[C@H](O)C[C@@H]4C[C@H](O)CC[C@]4(C)[C@H]3C[C@H](O)[C@]12C. The maximum Gasteiger partial charge on any atom is 0.305 e. The Kier molecular flexibility index (Phi) is 6.53. The van der Waals surface area contributed by atoms with Crippen molar-refractivity contribution in [3.05, 3.63) is 0 Å². The fourth-order valence-corrected chi connectivity index (χ4v) is 9.00. The van der Waals surface area contributed by atoms with Gasteiger partial charge >= 0.3 is 5.97 Å². The Balaban J connectivity index is 1.53. The first kappa shape index (κ1) is 23.5. The number of fused-ring (bicyclic) bond motifs is 5. The number of methoxy groups -OCH3 is 1. The highest BCUT2D eigenvalue weighted by molar-refractivity contribution is 5.68. The van der Waals surface area contributed by atoms with E-state index in [0.29, 0.717) is 36.0 Å². The Labute approximate surface area is 187 Å². The van der Waals surface area contributed by atoms with Crippen LogP contribution in [0.5, 0.6) is 0 Å². The third kappa shape index (κ3) is 3.77. The largest absolute Gasteiger partial charge is 0.469 e. The van der Waals surface area contributed by atoms with Gasteiger partial charge < -0.3 is 20.1 Å². The summed E-state index contributed by atoms with van der Waals surface area (Å²) in [6.45, 7) is 6.95. The number of esters is 1. The highest BCUT2D eigenvalue weighted by atomic mass is 16.5. The van der Waals surface area contributed by atoms with Gasteiger partial charge in [-0.15, -0.1) is 0 Å². The van der Waals surface area contributed by atoms with Crippen molar-refractivity contribution in [2.75, 3.05) is 7.11 Å². The maximum atomic E-state index is 11.6. The van der Waals surface area contributed by atoms with Gasteiger partial charge in [-0.3, -0.25) is 4.79 Å². The number of rotatable bonds is 5. The fourth-order valence-electron chi connectivity index (χ4n) is 9.00. The normalized spacial score (nSPS) is 50.2. The predicted octanol–water partition coefficient (Wildman–Crippen LogP) is 3.93. The molecule has 178 valence electrons. The summed E-state index contributed by atoms with van der Waals surface area (Å²) in [6.07, 6.45) is 7.81. The summed E-state index contributed by atoms with van der Waals surface area (Å²) in [5.74, 6) is 2.05. The van der Waals surface area contributed by atoms with Crippen LogP contribution in [-0.2, 0) is 9.53 Å². The van der Waals surface area contributed by atoms with Gasteiger partial charge in [0, 0.05) is 6.42 Å². The Morgan fingerprint density at radius 2 is 1.81 bits per heavy atom. The summed E-state index contributed by atoms with van der Waals surface area (Å²) in [6, 6.07) is 0. The van der Waals surface area contributed by atoms with Gasteiger partial charge in [0.1, 0.15) is 0 Å². The second kappa shape index (κ2) is 8.61. The fraction of sp³-hybridized carbons (Fsp3) is 0.962. The summed E-state index contributed by atoms with van der Waals surface area (Å²) in [4.78, 5) is 11.5. The Morgan fingerprint density at radius 1 is 1.06 bits per heavy atom. The lowest BCUT2D eigenvalue weighted by Crippen LogP contribution is -2.62. The van der Waals surface area contributed by atoms with Gasteiger partial charge in [-0.05, 0) is 104 Å². The minimum atomic E-state index is -0.344. The molecule has 0 saturated heterocycles. The topological polar surface area (TPSA) is 87.0 Å². The van der Waals surface area contributed by atoms with E-state index in [9.17, 15) is 20.1 Å². The monoisotopic (exact) mass is 436 g/mol. The van der Waals surface area contributed by atoms with Crippen molar-refractivity contribution in [3.63, 3.8) is 0 Å². The second-order valence-electron chi connectivity index (χ2n) is 12.0. The van der Waals surface area contributed by atoms with E-state index in [-0.39, 0.29) is 41.0 Å². The number of carbonyl (C=O) groups is 1. The third-order valence-electron chi connectivity index (χ3n) is 10.8. The summed E-state index contributed by atoms with van der Waals surface area (Å²) in [5.41, 5.74) is -0.0418. The van der Waals surface area contributed by atoms with Crippen LogP contribution in [0.2, 0.25) is 0 Å². The van der Waals surface area contributed by atoms with Gasteiger partial charge in [-0.2, -0.15) is 0 Å². The molecule has 0 bridgehead atoms. The molecule has 0 aromatic carbocycles. The molecule has 4 fully saturated rings. The molecule has 4 aliphatic rings. The average Bonchev–Trinajstić information content (AvgIpc) is 3.08. The van der Waals surface area contributed by atoms with Crippen LogP contribution in [0.1, 0.15) is 85.0 Å². The lowest BCUT2D eigenvalue weighted by atomic mass is 9.43. The predicted molar refractivity (Wildman–Crippen MR) is 119 cm³/mol. The molecule has 0 aliphatic heterocycles. The van der Waals surface area contributed by atoms with E-state index in [0.717, 1.165) is 57.8 Å². The molecule has 4 saturated carbocycles. The van der Waals surface area contributed by atoms with E-state index >= 15 is 0 Å². The van der Waals surface area contributed by atoms with Gasteiger partial charge in [0.25, 0.3) is 0 Å². The van der Waals surface area contributed by atoms with E-state index < -0.39 is 0 Å². The highest BCUT2D eigenvalue weighted by Gasteiger charge is 2.65. The Morgan fingerprint density at radius 3 is 2.52 bits per heavy atom. The van der Waals surface area contributed by atoms with Crippen LogP contribution in [0.15, 0.2) is 0 Å². The van der Waals surface area contributed by atoms with E-state index in [2.05, 4.69) is 20.8 Å². The summed E-state index contributed by atoms with van der Waals surface area (Å²) < 4.78 is 4.79. The molecular formula is C26H44O5. The molecule has 3 N–H and O–H groups in total. The molecule has 0 aromatic rings. The van der Waals surface area contributed by atoms with Gasteiger partial charge in [0.2, 0.25) is 0 Å². The maximum absolute atomic E-state index is 11.6. The van der Waals surface area contributed by atoms with E-state index in [4.69, 9.17) is 4.74 Å². The van der Waals surface area contributed by atoms with Gasteiger partial charge in [-0.1, -0.05) is 20.8 Å². The van der Waals surface area contributed by atoms with Crippen LogP contribution in [0.4, 0.5) is 0 Å². The molecule has 0 radical (unpaired) electrons. The molecule has 0 spiro atoms. The number of hydrogen-bond donors (Lipinski definition) is 3. The first-order valence-corrected chi connectivity index (χ1v) is 12.7. The van der Waals surface area contributed by atoms with Crippen LogP contribution < -0.4 is 0 Å². The first-order valence-electron chi connectivity index (χ1n) is 12.7. The van der Waals surface area contributed by atoms with Crippen molar-refractivity contribution in [2.24, 2.45) is 46.3 Å². The van der Waals surface area contributed by atoms with Crippen molar-refractivity contribution in [1.82, 2.24) is 0 Å². The second-order valence-corrected chi connectivity index (χ2v) is 12.0. The summed E-state index contributed by atoms with van der Waals surface area (Å²) in [7, 11) is 1.44. The van der Waals surface area contributed by atoms with Crippen LogP contribution in [0, 0.1) is 46.3 Å². The molecule has 4 aliphatic carbocycles. The van der Waals surface area contributed by atoms with Crippen LogP contribution in [-0.4, -0.2) is 46.7 Å². The minimum absolute atomic E-state index is 0.121. The molecule has 0 unspecified atom stereocenters. The molecule has 0 amide bonds. The van der Waals surface area contributed by atoms with Crippen LogP contribution >= 0.6 is 0 Å². The molecule has 11 atom stereocenters. The van der Waals surface area contributed by atoms with E-state index in [1.165, 1.54) is 7.11 Å². The highest BCUT2D eigenvalue weighted by Crippen LogP contribution is 2.68. The quantitative estimate of drug-likeness (QED) is 0.569. The van der Waals surface area contributed by atoms with Gasteiger partial charge in [0.05, 0.1) is 25.4 Å². The van der Waals surface area contributed by atoms with Gasteiger partial charge in [-0.25, -0.2) is 0 Å². The lowest BCUT2D eigenvalue weighted by Gasteiger charge is -2.63. The Hall–Kier alpha value is -0.650. The molecule has 31 heavy (non-hydrogen) atoms. The zero-order valence-corrected chi connectivity index (χ0v) is 19.9. The zero-order valence-electron chi connectivity index (χ0n) is 19.9. The van der Waals surface area contributed by atoms with Crippen molar-refractivity contribution < 1.29 is 24.9 Å². The van der Waals surface area contributed by atoms with Crippen molar-refractivity contribution >= 4 is 5.97 Å². The summed E-state index contributed by atoms with van der Waals surface area (Å²) >= 11 is 0. The molecular weight excluding hydrogens is 392 g/mol. The number of carbonyl (C=O) groups excluding carboxylic acids is 1. The van der Waals surface area contributed by atoms with Crippen molar-refractivity contribution in [2.45, 2.75) is 103 Å². The molecule has 0 aromatic heterocycles. The molecule has 5 heteroatoms. The van der Waals surface area contributed by atoms with Gasteiger partial charge in [0.15, 0.2) is 0 Å². The lowest BCUT2D eigenvalue weighted by molar-refractivity contribution is -0.207. The average molecular weight is 437 g/mol. The molecule has 5 nitrogen and oxygen atoms in total. The molecule has 4 rings (SSSR count). The Bertz CT molecular complexity index is 666. The van der Waals surface area contributed by atoms with Crippen LogP contribution in [0.3, 0.4) is 0 Å². The van der Waals surface area contributed by atoms with E-state index in [1.54, 1.807) is 0 Å². The van der Waals surface area contributed by atoms with E-state index in [1.807, 2.05) is 0 Å². The number of hydrogen-bond acceptors (Lipinski definition) is 5. The smallest absolute Gasteiger partial charge is 0.305 e. The molecule has 0 heterocycles. The van der Waals surface area contributed by atoms with Crippen molar-refractivity contribution in [3.8, 4) is 0 Å². The standard InChI is InChI=1S/C26H44O5/c1-15(6-5-7-23(30)31-4)18-8-9-19-24-20(14-22(29)26(18,19)3)25(2)11-10-17(27)12-16(25)13-21(24)28/h15-22,24,27-29H,5-14H2,1-4H3/t15-,16+,17-,18-,19+,20+,21-,22+,24+,25+,26-/m1/s1. The number of ether oxygens (including phenoxy) is 1. The van der Waals surface area contributed by atoms with Crippen molar-refractivity contribution in [1.29, 1.82) is 0 Å². The summed E-state index contributed by atoms with van der Waals surface area (Å²) in [5, 5.41) is 33.2. The first-order chi connectivity index (χ1) is 14.6. The third-order valence-corrected chi connectivity index (χ3v) is 10.8. The number of aliphatic hydroxyl groups excluding tert-OH is 3. The number of aliphatic hydroxyl groups is 3. The zero-order chi connectivity index (χ0) is 22.6. The minimum Gasteiger partial charge on any atom is -0.469 e.